The summed E-state index contributed by atoms with van der Waals surface area (Å²) in [6, 6.07) is 0.584. The van der Waals surface area contributed by atoms with Crippen molar-refractivity contribution in [3.63, 3.8) is 0 Å². The van der Waals surface area contributed by atoms with Gasteiger partial charge < -0.3 is 5.32 Å². The minimum Gasteiger partial charge on any atom is -0.366 e. The Hall–Kier alpha value is -0.970. The summed E-state index contributed by atoms with van der Waals surface area (Å²) in [5, 5.41) is 7.89. The van der Waals surface area contributed by atoms with E-state index in [2.05, 4.69) is 14.9 Å². The van der Waals surface area contributed by atoms with Crippen LogP contribution in [0.25, 0.3) is 0 Å². The van der Waals surface area contributed by atoms with Crippen LogP contribution in [-0.2, 0) is 0 Å². The molecule has 0 amide bonds. The molecule has 0 spiro atoms. The van der Waals surface area contributed by atoms with Gasteiger partial charge in [0, 0.05) is 12.6 Å². The zero-order chi connectivity index (χ0) is 15.2. The Balaban J connectivity index is 1.68. The van der Waals surface area contributed by atoms with E-state index < -0.39 is 0 Å². The Bertz CT molecular complexity index is 485. The number of aryl methyl sites for hydroxylation is 1. The van der Waals surface area contributed by atoms with Crippen molar-refractivity contribution in [1.29, 1.82) is 0 Å². The first-order valence-corrected chi connectivity index (χ1v) is 9.70. The van der Waals surface area contributed by atoms with E-state index in [1.54, 1.807) is 0 Å². The lowest BCUT2D eigenvalue weighted by atomic mass is 9.89. The fourth-order valence-corrected chi connectivity index (χ4v) is 4.29. The van der Waals surface area contributed by atoms with Crippen molar-refractivity contribution in [3.8, 4) is 0 Å². The third-order valence-electron chi connectivity index (χ3n) is 5.04. The van der Waals surface area contributed by atoms with E-state index in [0.29, 0.717) is 6.04 Å². The van der Waals surface area contributed by atoms with Gasteiger partial charge in [-0.25, -0.2) is 0 Å². The SMILES string of the molecule is Cc1nnsc1C(=NCC1CCCCC1)NC1CCCCC1. The third-order valence-corrected chi connectivity index (χ3v) is 5.88. The van der Waals surface area contributed by atoms with E-state index in [1.807, 2.05) is 6.92 Å². The van der Waals surface area contributed by atoms with E-state index in [4.69, 9.17) is 4.99 Å². The molecule has 0 saturated heterocycles. The average Bonchev–Trinajstić information content (AvgIpc) is 2.99. The number of rotatable bonds is 4. The zero-order valence-electron chi connectivity index (χ0n) is 13.7. The fourth-order valence-electron chi connectivity index (χ4n) is 3.66. The molecule has 4 nitrogen and oxygen atoms in total. The van der Waals surface area contributed by atoms with E-state index in [9.17, 15) is 0 Å². The summed E-state index contributed by atoms with van der Waals surface area (Å²) in [5.74, 6) is 1.84. The molecule has 1 aromatic rings. The molecule has 122 valence electrons. The van der Waals surface area contributed by atoms with Crippen molar-refractivity contribution in [2.45, 2.75) is 77.2 Å². The molecule has 3 rings (SSSR count). The Kier molecular flexibility index (Phi) is 5.82. The van der Waals surface area contributed by atoms with Crippen LogP contribution in [0.1, 0.15) is 74.8 Å². The predicted octanol–water partition coefficient (Wildman–Crippen LogP) is 4.10. The van der Waals surface area contributed by atoms with Gasteiger partial charge in [-0.1, -0.05) is 43.0 Å². The van der Waals surface area contributed by atoms with Gasteiger partial charge in [0.1, 0.15) is 10.7 Å². The summed E-state index contributed by atoms with van der Waals surface area (Å²) in [7, 11) is 0. The second-order valence-corrected chi connectivity index (χ2v) is 7.61. The van der Waals surface area contributed by atoms with Crippen molar-refractivity contribution >= 4 is 17.4 Å². The first-order valence-electron chi connectivity index (χ1n) is 8.93. The lowest BCUT2D eigenvalue weighted by Gasteiger charge is -2.25. The molecule has 2 aliphatic rings. The number of hydrogen-bond acceptors (Lipinski definition) is 4. The molecule has 0 bridgehead atoms. The van der Waals surface area contributed by atoms with Crippen LogP contribution < -0.4 is 5.32 Å². The molecule has 0 aliphatic heterocycles. The molecule has 5 heteroatoms. The molecule has 2 fully saturated rings. The molecule has 22 heavy (non-hydrogen) atoms. The number of nitrogens with one attached hydrogen (secondary N) is 1. The fraction of sp³-hybridized carbons (Fsp3) is 0.824. The minimum atomic E-state index is 0.584. The Morgan fingerprint density at radius 2 is 1.77 bits per heavy atom. The summed E-state index contributed by atoms with van der Waals surface area (Å²) < 4.78 is 4.10. The van der Waals surface area contributed by atoms with Gasteiger partial charge in [0.15, 0.2) is 0 Å². The molecular formula is C17H28N4S. The van der Waals surface area contributed by atoms with Gasteiger partial charge in [-0.2, -0.15) is 0 Å². The molecular weight excluding hydrogens is 292 g/mol. The smallest absolute Gasteiger partial charge is 0.142 e. The number of aliphatic imine (C=N–C) groups is 1. The van der Waals surface area contributed by atoms with Crippen LogP contribution >= 0.6 is 11.5 Å². The average molecular weight is 321 g/mol. The van der Waals surface area contributed by atoms with Gasteiger partial charge >= 0.3 is 0 Å². The van der Waals surface area contributed by atoms with Crippen molar-refractivity contribution in [3.05, 3.63) is 10.6 Å². The second kappa shape index (κ2) is 8.04. The van der Waals surface area contributed by atoms with Crippen molar-refractivity contribution in [2.24, 2.45) is 10.9 Å². The zero-order valence-corrected chi connectivity index (χ0v) is 14.5. The normalized spacial score (nSPS) is 22.0. The molecule has 0 radical (unpaired) electrons. The highest BCUT2D eigenvalue weighted by Gasteiger charge is 2.19. The topological polar surface area (TPSA) is 50.2 Å². The Morgan fingerprint density at radius 3 is 2.41 bits per heavy atom. The van der Waals surface area contributed by atoms with Crippen LogP contribution in [0.3, 0.4) is 0 Å². The van der Waals surface area contributed by atoms with E-state index in [-0.39, 0.29) is 0 Å². The van der Waals surface area contributed by atoms with Gasteiger partial charge in [-0.05, 0) is 50.1 Å². The van der Waals surface area contributed by atoms with Crippen molar-refractivity contribution < 1.29 is 0 Å². The second-order valence-electron chi connectivity index (χ2n) is 6.86. The van der Waals surface area contributed by atoms with Crippen molar-refractivity contribution in [1.82, 2.24) is 14.9 Å². The van der Waals surface area contributed by atoms with Crippen LogP contribution in [0.4, 0.5) is 0 Å². The quantitative estimate of drug-likeness (QED) is 0.671. The maximum absolute atomic E-state index is 4.98. The molecule has 0 unspecified atom stereocenters. The summed E-state index contributed by atoms with van der Waals surface area (Å²) in [4.78, 5) is 6.12. The van der Waals surface area contributed by atoms with E-state index in [0.717, 1.165) is 28.9 Å². The Labute approximate surface area is 138 Å². The van der Waals surface area contributed by atoms with Gasteiger partial charge in [0.2, 0.25) is 0 Å². The molecule has 1 aromatic heterocycles. The summed E-state index contributed by atoms with van der Waals surface area (Å²) in [6.07, 6.45) is 13.5. The standard InChI is InChI=1S/C17H28N4S/c1-13-16(22-21-20-13)17(19-15-10-6-3-7-11-15)18-12-14-8-4-2-5-9-14/h14-15H,2-12H2,1H3,(H,18,19). The number of aromatic nitrogens is 2. The molecule has 2 saturated carbocycles. The van der Waals surface area contributed by atoms with Gasteiger partial charge in [-0.3, -0.25) is 4.99 Å². The lowest BCUT2D eigenvalue weighted by Crippen LogP contribution is -2.37. The van der Waals surface area contributed by atoms with Crippen LogP contribution in [-0.4, -0.2) is 28.0 Å². The number of nitrogens with zero attached hydrogens (tertiary/aromatic N) is 3. The van der Waals surface area contributed by atoms with E-state index in [1.165, 1.54) is 75.7 Å². The van der Waals surface area contributed by atoms with Gasteiger partial charge in [-0.15, -0.1) is 5.10 Å². The first-order chi connectivity index (χ1) is 10.8. The Morgan fingerprint density at radius 1 is 1.09 bits per heavy atom. The summed E-state index contributed by atoms with van der Waals surface area (Å²) >= 11 is 1.48. The van der Waals surface area contributed by atoms with Crippen molar-refractivity contribution in [2.75, 3.05) is 6.54 Å². The largest absolute Gasteiger partial charge is 0.366 e. The lowest BCUT2D eigenvalue weighted by molar-refractivity contribution is 0.366. The summed E-state index contributed by atoms with van der Waals surface area (Å²) in [6.45, 7) is 3.00. The molecule has 0 atom stereocenters. The van der Waals surface area contributed by atoms with Crippen LogP contribution in [0.5, 0.6) is 0 Å². The van der Waals surface area contributed by atoms with Crippen LogP contribution in [0, 0.1) is 12.8 Å². The number of hydrogen-bond donors (Lipinski definition) is 1. The number of amidine groups is 1. The monoisotopic (exact) mass is 320 g/mol. The molecule has 0 aromatic carbocycles. The highest BCUT2D eigenvalue weighted by atomic mass is 32.1. The maximum atomic E-state index is 4.98. The summed E-state index contributed by atoms with van der Waals surface area (Å²) in [5.41, 5.74) is 1.01. The highest BCUT2D eigenvalue weighted by molar-refractivity contribution is 7.08. The van der Waals surface area contributed by atoms with Gasteiger partial charge in [0.25, 0.3) is 0 Å². The highest BCUT2D eigenvalue weighted by Crippen LogP contribution is 2.24. The van der Waals surface area contributed by atoms with Gasteiger partial charge in [0.05, 0.1) is 5.69 Å². The minimum absolute atomic E-state index is 0.584. The van der Waals surface area contributed by atoms with Crippen LogP contribution in [0.2, 0.25) is 0 Å². The molecule has 2 aliphatic carbocycles. The predicted molar refractivity (Wildman–Crippen MR) is 92.6 cm³/mol. The van der Waals surface area contributed by atoms with E-state index >= 15 is 0 Å². The first kappa shape index (κ1) is 15.9. The molecule has 1 heterocycles. The van der Waals surface area contributed by atoms with Crippen LogP contribution in [0.15, 0.2) is 4.99 Å². The molecule has 1 N–H and O–H groups in total. The maximum Gasteiger partial charge on any atom is 0.142 e. The third kappa shape index (κ3) is 4.28.